The molecular formula is C90H170K6O10+6. The van der Waals surface area contributed by atoms with Gasteiger partial charge in [-0.25, -0.2) is 0 Å². The zero-order valence-corrected chi connectivity index (χ0v) is 91.8. The van der Waals surface area contributed by atoms with Gasteiger partial charge in [-0.2, -0.15) is 0 Å². The van der Waals surface area contributed by atoms with Crippen molar-refractivity contribution >= 4 is 29.8 Å². The van der Waals surface area contributed by atoms with Crippen molar-refractivity contribution in [1.82, 2.24) is 0 Å². The van der Waals surface area contributed by atoms with Gasteiger partial charge in [-0.3, -0.25) is 24.0 Å². The zero-order chi connectivity index (χ0) is 74.5. The van der Waals surface area contributed by atoms with Crippen molar-refractivity contribution < 1.29 is 358 Å². The quantitative estimate of drug-likeness (QED) is 0.0223. The second kappa shape index (κ2) is 132. The fraction of sp³-hybridized carbons (Fsp3) is 0.833. The van der Waals surface area contributed by atoms with Crippen LogP contribution in [-0.2, 0) is 24.0 Å². The summed E-state index contributed by atoms with van der Waals surface area (Å²) in [6.07, 6.45) is 106. The molecule has 106 heavy (non-hydrogen) atoms. The van der Waals surface area contributed by atoms with E-state index in [1.54, 1.807) is 0 Å². The van der Waals surface area contributed by atoms with Crippen molar-refractivity contribution in [3.05, 3.63) is 60.8 Å². The minimum absolute atomic E-state index is 0. The number of carboxylic acids is 5. The molecule has 0 aliphatic carbocycles. The average molecular weight is 1650 g/mol. The van der Waals surface area contributed by atoms with Gasteiger partial charge in [0, 0.05) is 32.1 Å². The van der Waals surface area contributed by atoms with Crippen LogP contribution in [0.3, 0.4) is 0 Å². The SMILES string of the molecule is CCCCCCCCC=CCCCCCCCC(=O)O.CCCCCCCCC=CCCCCCCCC(=O)O.CCCCCCCCC=CCCCCCCCC(=O)O.CCCCCCCCC=CCCCCCCCC(=O)O.CCCCCCCCC=CCCCCCCCC(=O)O.[K+].[K+].[K+].[K+].[K+].[K+]. The normalized spacial score (nSPS) is 10.6. The molecule has 0 fully saturated rings. The van der Waals surface area contributed by atoms with Crippen LogP contribution in [0.25, 0.3) is 0 Å². The number of hydrogen-bond acceptors (Lipinski definition) is 5. The summed E-state index contributed by atoms with van der Waals surface area (Å²) in [5.74, 6) is -3.32. The zero-order valence-electron chi connectivity index (χ0n) is 73.0. The Morgan fingerprint density at radius 3 is 0.330 bits per heavy atom. The second-order valence-corrected chi connectivity index (χ2v) is 28.6. The van der Waals surface area contributed by atoms with Crippen molar-refractivity contribution in [2.45, 2.75) is 484 Å². The van der Waals surface area contributed by atoms with Gasteiger partial charge in [0.2, 0.25) is 0 Å². The van der Waals surface area contributed by atoms with Crippen molar-refractivity contribution in [1.29, 1.82) is 0 Å². The van der Waals surface area contributed by atoms with Gasteiger partial charge in [0.25, 0.3) is 0 Å². The standard InChI is InChI=1S/5C18H34O2.6K/c5*1-2-3-4-5-6-7-8-9-10-11-12-13-14-15-16-17-18(19)20;;;;;;/h5*9-10H,2-8,11-17H2,1H3,(H,19,20);;;;;;/q;;;;;6*+1. The van der Waals surface area contributed by atoms with E-state index in [4.69, 9.17) is 25.5 Å². The first kappa shape index (κ1) is 135. The van der Waals surface area contributed by atoms with Crippen molar-refractivity contribution in [3.8, 4) is 0 Å². The Morgan fingerprint density at radius 2 is 0.236 bits per heavy atom. The van der Waals surface area contributed by atoms with E-state index in [0.717, 1.165) is 64.2 Å². The molecule has 0 aliphatic heterocycles. The van der Waals surface area contributed by atoms with Crippen LogP contribution in [0.5, 0.6) is 0 Å². The Kier molecular flexibility index (Phi) is 168. The van der Waals surface area contributed by atoms with Crippen LogP contribution in [0.15, 0.2) is 60.8 Å². The van der Waals surface area contributed by atoms with E-state index < -0.39 is 29.8 Å². The van der Waals surface area contributed by atoms with Crippen LogP contribution < -0.4 is 308 Å². The van der Waals surface area contributed by atoms with Crippen molar-refractivity contribution in [3.63, 3.8) is 0 Å². The summed E-state index contributed by atoms with van der Waals surface area (Å²) in [6.45, 7) is 11.3. The molecule has 0 heterocycles. The molecule has 0 saturated carbocycles. The summed E-state index contributed by atoms with van der Waals surface area (Å²) in [7, 11) is 0. The van der Waals surface area contributed by atoms with Crippen LogP contribution in [0.2, 0.25) is 0 Å². The van der Waals surface area contributed by atoms with E-state index in [1.165, 1.54) is 353 Å². The molecule has 0 aromatic carbocycles. The third kappa shape index (κ3) is 158. The number of carboxylic acid groups (broad SMARTS) is 5. The maximum atomic E-state index is 10.3. The molecule has 0 bridgehead atoms. The molecule has 0 unspecified atom stereocenters. The number of hydrogen-bond donors (Lipinski definition) is 5. The fourth-order valence-corrected chi connectivity index (χ4v) is 11.7. The molecular weight excluding hydrogens is 1480 g/mol. The van der Waals surface area contributed by atoms with E-state index in [2.05, 4.69) is 95.4 Å². The van der Waals surface area contributed by atoms with Gasteiger partial charge in [0.15, 0.2) is 0 Å². The van der Waals surface area contributed by atoms with Crippen LogP contribution in [0, 0.1) is 0 Å². The van der Waals surface area contributed by atoms with Crippen LogP contribution in [0.1, 0.15) is 484 Å². The predicted molar refractivity (Wildman–Crippen MR) is 435 cm³/mol. The first-order valence-corrected chi connectivity index (χ1v) is 43.2. The topological polar surface area (TPSA) is 186 Å². The fourth-order valence-electron chi connectivity index (χ4n) is 11.7. The van der Waals surface area contributed by atoms with Gasteiger partial charge in [-0.1, -0.05) is 352 Å². The third-order valence-corrected chi connectivity index (χ3v) is 18.3. The minimum atomic E-state index is -0.664. The van der Waals surface area contributed by atoms with Gasteiger partial charge < -0.3 is 25.5 Å². The van der Waals surface area contributed by atoms with Gasteiger partial charge in [-0.15, -0.1) is 0 Å². The largest absolute Gasteiger partial charge is 1.00 e. The van der Waals surface area contributed by atoms with E-state index in [-0.39, 0.29) is 308 Å². The molecule has 5 N–H and O–H groups in total. The van der Waals surface area contributed by atoms with Crippen molar-refractivity contribution in [2.24, 2.45) is 0 Å². The van der Waals surface area contributed by atoms with E-state index in [9.17, 15) is 24.0 Å². The summed E-state index contributed by atoms with van der Waals surface area (Å²) in [4.78, 5) is 51.6. The predicted octanol–water partition coefficient (Wildman–Crippen LogP) is 12.6. The minimum Gasteiger partial charge on any atom is -0.481 e. The van der Waals surface area contributed by atoms with E-state index in [0.29, 0.717) is 32.1 Å². The summed E-state index contributed by atoms with van der Waals surface area (Å²) in [5.41, 5.74) is 0. The molecule has 0 rings (SSSR count). The number of carbonyl (C=O) groups is 5. The summed E-state index contributed by atoms with van der Waals surface area (Å²) < 4.78 is 0. The molecule has 0 amide bonds. The monoisotopic (exact) mass is 1650 g/mol. The molecule has 0 saturated heterocycles. The average Bonchev–Trinajstić information content (AvgIpc) is 2.91. The first-order chi connectivity index (χ1) is 48.9. The molecule has 10 nitrogen and oxygen atoms in total. The van der Waals surface area contributed by atoms with Gasteiger partial charge >= 0.3 is 338 Å². The smallest absolute Gasteiger partial charge is 0.481 e. The third-order valence-electron chi connectivity index (χ3n) is 18.3. The molecule has 0 aromatic rings. The first-order valence-electron chi connectivity index (χ1n) is 43.2. The molecule has 0 atom stereocenters. The summed E-state index contributed by atoms with van der Waals surface area (Å²) in [6, 6.07) is 0. The Balaban J connectivity index is -0.000000117. The van der Waals surface area contributed by atoms with E-state index in [1.807, 2.05) is 0 Å². The summed E-state index contributed by atoms with van der Waals surface area (Å²) >= 11 is 0. The number of rotatable bonds is 75. The molecule has 0 spiro atoms. The Morgan fingerprint density at radius 1 is 0.151 bits per heavy atom. The number of aliphatic carboxylic acids is 5. The molecule has 0 radical (unpaired) electrons. The number of allylic oxidation sites excluding steroid dienone is 10. The maximum Gasteiger partial charge on any atom is 1.00 e. The Bertz CT molecular complexity index is 1490. The van der Waals surface area contributed by atoms with Crippen LogP contribution >= 0.6 is 0 Å². The van der Waals surface area contributed by atoms with Gasteiger partial charge in [0.1, 0.15) is 0 Å². The maximum absolute atomic E-state index is 10.3. The van der Waals surface area contributed by atoms with E-state index >= 15 is 0 Å². The second-order valence-electron chi connectivity index (χ2n) is 28.6. The van der Waals surface area contributed by atoms with Gasteiger partial charge in [-0.05, 0) is 161 Å². The summed E-state index contributed by atoms with van der Waals surface area (Å²) in [5, 5.41) is 42.5. The Hall–Kier alpha value is 5.87. The van der Waals surface area contributed by atoms with Crippen LogP contribution in [0.4, 0.5) is 0 Å². The molecule has 0 aliphatic rings. The molecule has 590 valence electrons. The van der Waals surface area contributed by atoms with Crippen LogP contribution in [-0.4, -0.2) is 55.4 Å². The van der Waals surface area contributed by atoms with Gasteiger partial charge in [0.05, 0.1) is 0 Å². The molecule has 0 aromatic heterocycles. The van der Waals surface area contributed by atoms with Crippen molar-refractivity contribution in [2.75, 3.05) is 0 Å². The number of unbranched alkanes of at least 4 members (excludes halogenated alkanes) is 55. The molecule has 16 heteroatoms. The Labute approximate surface area is 914 Å².